The van der Waals surface area contributed by atoms with Gasteiger partial charge in [0.15, 0.2) is 11.6 Å². The lowest BCUT2D eigenvalue weighted by Gasteiger charge is -2.41. The van der Waals surface area contributed by atoms with Crippen molar-refractivity contribution < 1.29 is 67.1 Å². The van der Waals surface area contributed by atoms with Gasteiger partial charge in [-0.15, -0.1) is 0 Å². The Morgan fingerprint density at radius 3 is 2.20 bits per heavy atom. The number of aliphatic hydroxyl groups is 1. The number of ether oxygens (including phenoxy) is 6. The van der Waals surface area contributed by atoms with E-state index in [0.29, 0.717) is 61.3 Å². The summed E-state index contributed by atoms with van der Waals surface area (Å²) < 4.78 is 33.9. The van der Waals surface area contributed by atoms with E-state index in [2.05, 4.69) is 16.0 Å². The zero-order valence-electron chi connectivity index (χ0n) is 48.9. The predicted octanol–water partition coefficient (Wildman–Crippen LogP) is 7.54. The highest BCUT2D eigenvalue weighted by atomic mass is 16.7. The van der Waals surface area contributed by atoms with Crippen LogP contribution in [0.5, 0.6) is 0 Å². The van der Waals surface area contributed by atoms with Gasteiger partial charge in [0.1, 0.15) is 19.5 Å². The van der Waals surface area contributed by atoms with E-state index in [1.807, 2.05) is 59.7 Å². The van der Waals surface area contributed by atoms with Crippen LogP contribution in [0.3, 0.4) is 0 Å². The Balaban J connectivity index is 1.44. The third-order valence-electron chi connectivity index (χ3n) is 15.3. The van der Waals surface area contributed by atoms with Crippen LogP contribution in [0.25, 0.3) is 0 Å². The number of Topliss-reactive ketones (excluding diaryl/α,β-unsaturated/α-hetero) is 2. The van der Waals surface area contributed by atoms with Crippen LogP contribution in [-0.4, -0.2) is 165 Å². The topological polar surface area (TPSA) is 241 Å². The SMILES string of the molecule is CCC(=O)CNc1cc(COC(=O)N(C)[C@H](C(=O)C[C@@H](C(=O)N(C)[C@@H]([C@@H](C)CC)[C@@H](CC(=O)N2CCC[C@H]2[C@H](OC)[C@@H](C)C(=O)N[C@H](C)[C@@H](O)c2ccccc2)OC)C(C)C)C(C)C)ccc1NC(=O)OC1/C=C/COCOC1. The highest BCUT2D eigenvalue weighted by Gasteiger charge is 2.44. The van der Waals surface area contributed by atoms with E-state index in [-0.39, 0.29) is 86.4 Å². The monoisotopic (exact) mass is 1110 g/mol. The van der Waals surface area contributed by atoms with Crippen molar-refractivity contribution in [2.45, 2.75) is 156 Å². The second-order valence-corrected chi connectivity index (χ2v) is 21.6. The number of methoxy groups -OCH3 is 2. The standard InChI is InChI=1S/C59H90N6O14/c1-14-38(7)53(50(74-12)31-51(68)65-27-19-24-48(65)55(75-13)39(8)56(70)61-40(9)54(69)42-21-17-16-18-22-42)63(10)57(71)45(36(3)4)30-49(67)52(37(5)6)64(11)59(73)78-33-41-25-26-46(47(29-41)60-32-43(66)15-2)62-58(72)79-44-23-20-28-76-35-77-34-44/h16-18,20-23,25-26,29,36-40,44-45,48,50,52-55,60,69H,14-15,19,24,27-28,30-35H2,1-13H3,(H,61,70)(H,62,72)/b23-20+/t38-,39+,40+,44?,45+,48-,50+,52-,53-,54+,55+/m0/s1. The van der Waals surface area contributed by atoms with Gasteiger partial charge < -0.3 is 58.9 Å². The van der Waals surface area contributed by atoms with E-state index in [0.717, 1.165) is 0 Å². The summed E-state index contributed by atoms with van der Waals surface area (Å²) in [7, 11) is 6.23. The molecule has 11 atom stereocenters. The van der Waals surface area contributed by atoms with Crippen LogP contribution in [0.4, 0.5) is 21.0 Å². The molecule has 2 aliphatic rings. The number of aliphatic hydroxyl groups excluding tert-OH is 1. The molecule has 0 bridgehead atoms. The summed E-state index contributed by atoms with van der Waals surface area (Å²) in [6.07, 6.45) is 0.969. The van der Waals surface area contributed by atoms with Crippen molar-refractivity contribution in [2.24, 2.45) is 29.6 Å². The molecule has 2 aromatic rings. The number of carbonyl (C=O) groups excluding carboxylic acids is 7. The molecule has 0 saturated carbocycles. The summed E-state index contributed by atoms with van der Waals surface area (Å²) in [6, 6.07) is 11.5. The van der Waals surface area contributed by atoms with Crippen molar-refractivity contribution in [1.82, 2.24) is 20.0 Å². The number of hydrogen-bond donors (Lipinski definition) is 4. The van der Waals surface area contributed by atoms with Crippen molar-refractivity contribution in [3.8, 4) is 0 Å². The minimum absolute atomic E-state index is 0.0213. The first-order valence-corrected chi connectivity index (χ1v) is 27.8. The van der Waals surface area contributed by atoms with Gasteiger partial charge in [-0.1, -0.05) is 104 Å². The maximum Gasteiger partial charge on any atom is 0.412 e. The lowest BCUT2D eigenvalue weighted by atomic mass is 9.83. The highest BCUT2D eigenvalue weighted by Crippen LogP contribution is 2.32. The van der Waals surface area contributed by atoms with Crippen LogP contribution in [0, 0.1) is 29.6 Å². The van der Waals surface area contributed by atoms with Crippen molar-refractivity contribution in [3.63, 3.8) is 0 Å². The van der Waals surface area contributed by atoms with E-state index in [1.54, 1.807) is 80.1 Å². The zero-order valence-corrected chi connectivity index (χ0v) is 48.9. The van der Waals surface area contributed by atoms with Gasteiger partial charge in [-0.2, -0.15) is 0 Å². The number of ketones is 2. The molecule has 0 aliphatic carbocycles. The summed E-state index contributed by atoms with van der Waals surface area (Å²) >= 11 is 0. The van der Waals surface area contributed by atoms with Crippen molar-refractivity contribution in [3.05, 3.63) is 71.8 Å². The van der Waals surface area contributed by atoms with Crippen LogP contribution in [0.2, 0.25) is 0 Å². The normalized spacial score (nSPS) is 19.5. The number of hydrogen-bond acceptors (Lipinski definition) is 15. The number of carbonyl (C=O) groups is 7. The fourth-order valence-electron chi connectivity index (χ4n) is 10.5. The number of nitrogens with one attached hydrogen (secondary N) is 3. The van der Waals surface area contributed by atoms with E-state index in [9.17, 15) is 38.7 Å². The molecule has 4 N–H and O–H groups in total. The average molecular weight is 1110 g/mol. The Morgan fingerprint density at radius 1 is 0.861 bits per heavy atom. The van der Waals surface area contributed by atoms with Crippen molar-refractivity contribution >= 4 is 52.8 Å². The Labute approximate surface area is 467 Å². The second-order valence-electron chi connectivity index (χ2n) is 21.6. The molecule has 20 nitrogen and oxygen atoms in total. The van der Waals surface area contributed by atoms with E-state index >= 15 is 0 Å². The Bertz CT molecular complexity index is 2330. The summed E-state index contributed by atoms with van der Waals surface area (Å²) in [5, 5.41) is 19.7. The largest absolute Gasteiger partial charge is 0.445 e. The first-order valence-electron chi connectivity index (χ1n) is 27.8. The molecule has 1 unspecified atom stereocenters. The molecular weight excluding hydrogens is 1020 g/mol. The molecular formula is C59H90N6O14. The molecule has 20 heteroatoms. The predicted molar refractivity (Wildman–Crippen MR) is 300 cm³/mol. The van der Waals surface area contributed by atoms with Gasteiger partial charge in [0.25, 0.3) is 0 Å². The molecule has 79 heavy (non-hydrogen) atoms. The summed E-state index contributed by atoms with van der Waals surface area (Å²) in [5.41, 5.74) is 1.91. The Hall–Kier alpha value is -5.93. The smallest absolute Gasteiger partial charge is 0.412 e. The molecule has 5 amide bonds. The quantitative estimate of drug-likeness (QED) is 0.0576. The molecule has 2 heterocycles. The van der Waals surface area contributed by atoms with Crippen LogP contribution in [0.1, 0.15) is 118 Å². The molecule has 4 rings (SSSR count). The van der Waals surface area contributed by atoms with Gasteiger partial charge in [-0.25, -0.2) is 9.59 Å². The van der Waals surface area contributed by atoms with Gasteiger partial charge in [-0.05, 0) is 66.9 Å². The first kappa shape index (κ1) is 65.6. The van der Waals surface area contributed by atoms with Crippen molar-refractivity contribution in [1.29, 1.82) is 0 Å². The molecule has 0 radical (unpaired) electrons. The Morgan fingerprint density at radius 2 is 1.57 bits per heavy atom. The molecule has 1 fully saturated rings. The van der Waals surface area contributed by atoms with Gasteiger partial charge in [0, 0.05) is 53.6 Å². The maximum atomic E-state index is 14.8. The molecule has 0 spiro atoms. The molecule has 2 aromatic carbocycles. The number of likely N-dealkylation sites (N-methyl/N-ethyl adjacent to an activating group) is 2. The molecule has 0 aromatic heterocycles. The summed E-state index contributed by atoms with van der Waals surface area (Å²) in [4.78, 5) is 101. The third-order valence-corrected chi connectivity index (χ3v) is 15.3. The lowest BCUT2D eigenvalue weighted by molar-refractivity contribution is -0.149. The van der Waals surface area contributed by atoms with Crippen LogP contribution in [-0.2, 0) is 59.0 Å². The number of nitrogens with zero attached hydrogens (tertiary/aromatic N) is 3. The van der Waals surface area contributed by atoms with Crippen molar-refractivity contribution in [2.75, 3.05) is 72.0 Å². The number of rotatable bonds is 29. The Kier molecular flexibility index (Phi) is 26.9. The van der Waals surface area contributed by atoms with Crippen LogP contribution >= 0.6 is 0 Å². The van der Waals surface area contributed by atoms with Gasteiger partial charge in [0.2, 0.25) is 17.7 Å². The van der Waals surface area contributed by atoms with E-state index in [4.69, 9.17) is 28.4 Å². The van der Waals surface area contributed by atoms with Gasteiger partial charge in [0.05, 0.1) is 86.0 Å². The lowest BCUT2D eigenvalue weighted by Crippen LogP contribution is -2.55. The van der Waals surface area contributed by atoms with Crippen LogP contribution in [0.15, 0.2) is 60.7 Å². The fraction of sp³-hybridized carbons (Fsp3) is 0.644. The molecule has 1 saturated heterocycles. The maximum absolute atomic E-state index is 14.8. The van der Waals surface area contributed by atoms with Crippen LogP contribution < -0.4 is 16.0 Å². The van der Waals surface area contributed by atoms with E-state index in [1.165, 1.54) is 26.2 Å². The highest BCUT2D eigenvalue weighted by molar-refractivity contribution is 5.93. The third kappa shape index (κ3) is 18.8. The van der Waals surface area contributed by atoms with Gasteiger partial charge in [-0.3, -0.25) is 29.3 Å². The molecule has 440 valence electrons. The first-order chi connectivity index (χ1) is 37.6. The summed E-state index contributed by atoms with van der Waals surface area (Å²) in [5.74, 6) is -3.43. The second kappa shape index (κ2) is 32.4. The van der Waals surface area contributed by atoms with E-state index < -0.39 is 72.6 Å². The fourth-order valence-corrected chi connectivity index (χ4v) is 10.5. The number of amides is 5. The average Bonchev–Trinajstić information content (AvgIpc) is 3.93. The zero-order chi connectivity index (χ0) is 58.5. The number of benzene rings is 2. The minimum Gasteiger partial charge on any atom is -0.445 e. The summed E-state index contributed by atoms with van der Waals surface area (Å²) in [6.45, 7) is 17.3. The minimum atomic E-state index is -0.954. The molecule has 2 aliphatic heterocycles. The number of anilines is 2. The van der Waals surface area contributed by atoms with Gasteiger partial charge >= 0.3 is 12.2 Å². The number of likely N-dealkylation sites (tertiary alicyclic amines) is 1.